The van der Waals surface area contributed by atoms with Gasteiger partial charge in [-0.2, -0.15) is 0 Å². The predicted octanol–water partition coefficient (Wildman–Crippen LogP) is 5.25. The second-order valence-electron chi connectivity index (χ2n) is 13.7. The molecule has 42 heavy (non-hydrogen) atoms. The van der Waals surface area contributed by atoms with Crippen molar-refractivity contribution in [3.05, 3.63) is 58.1 Å². The Labute approximate surface area is 259 Å². The second kappa shape index (κ2) is 11.1. The van der Waals surface area contributed by atoms with E-state index in [4.69, 9.17) is 16.3 Å². The first-order chi connectivity index (χ1) is 19.3. The summed E-state index contributed by atoms with van der Waals surface area (Å²) in [6, 6.07) is 10.5. The Morgan fingerprint density at radius 2 is 1.95 bits per heavy atom. The number of nitrogens with one attached hydrogen (secondary N) is 1. The van der Waals surface area contributed by atoms with E-state index < -0.39 is 17.1 Å². The van der Waals surface area contributed by atoms with Gasteiger partial charge in [-0.15, -0.1) is 12.4 Å². The lowest BCUT2D eigenvalue weighted by Gasteiger charge is -2.62. The van der Waals surface area contributed by atoms with E-state index in [0.717, 1.165) is 43.0 Å². The average molecular weight is 618 g/mol. The fourth-order valence-corrected chi connectivity index (χ4v) is 8.06. The first-order valence-corrected chi connectivity index (χ1v) is 15.3. The molecular formula is C33H42Cl2N2O5. The van der Waals surface area contributed by atoms with Crippen LogP contribution in [0.25, 0.3) is 0 Å². The van der Waals surface area contributed by atoms with E-state index in [-0.39, 0.29) is 47.3 Å². The highest BCUT2D eigenvalue weighted by Crippen LogP contribution is 2.64. The number of piperidine rings is 1. The summed E-state index contributed by atoms with van der Waals surface area (Å²) in [4.78, 5) is 27.2. The van der Waals surface area contributed by atoms with Gasteiger partial charge in [-0.3, -0.25) is 14.5 Å². The summed E-state index contributed by atoms with van der Waals surface area (Å²) < 4.78 is 6.04. The van der Waals surface area contributed by atoms with Crippen LogP contribution in [-0.2, 0) is 16.6 Å². The number of Topliss-reactive ketones (excluding diaryl/α,β-unsaturated/α-hetero) is 2. The van der Waals surface area contributed by atoms with E-state index in [1.54, 1.807) is 30.3 Å². The van der Waals surface area contributed by atoms with Crippen LogP contribution in [-0.4, -0.2) is 69.1 Å². The molecule has 7 rings (SSSR count). The average Bonchev–Trinajstić information content (AvgIpc) is 3.65. The smallest absolute Gasteiger partial charge is 0.179 e. The number of likely N-dealkylation sites (tertiary alicyclic amines) is 1. The zero-order valence-corrected chi connectivity index (χ0v) is 26.4. The molecule has 1 saturated heterocycles. The largest absolute Gasteiger partial charge is 0.504 e. The topological polar surface area (TPSA) is 99.1 Å². The van der Waals surface area contributed by atoms with Gasteiger partial charge in [-0.25, -0.2) is 0 Å². The lowest BCUT2D eigenvalue weighted by Crippen LogP contribution is -2.76. The normalized spacial score (nSPS) is 29.8. The van der Waals surface area contributed by atoms with Crippen LogP contribution in [0.4, 0.5) is 0 Å². The Balaban J connectivity index is 0.000000182. The monoisotopic (exact) mass is 616 g/mol. The van der Waals surface area contributed by atoms with Crippen LogP contribution in [0.15, 0.2) is 36.4 Å². The van der Waals surface area contributed by atoms with Gasteiger partial charge in [0.2, 0.25) is 0 Å². The van der Waals surface area contributed by atoms with Crippen molar-refractivity contribution in [3.8, 4) is 11.5 Å². The SMILES string of the molecule is CC(NC(C)(C)C)C(=O)c1cccc(Cl)c1.Cl.O=C1CC[C@@]2(O)[C@H]3Cc4ccc(O)c5c4[C@@]2(CCN3CC2CC2)[C@H]1O5. The maximum absolute atomic E-state index is 12.7. The van der Waals surface area contributed by atoms with Gasteiger partial charge in [0.1, 0.15) is 0 Å². The van der Waals surface area contributed by atoms with E-state index in [1.165, 1.54) is 12.8 Å². The molecular weight excluding hydrogens is 575 g/mol. The molecule has 5 atom stereocenters. The van der Waals surface area contributed by atoms with E-state index >= 15 is 0 Å². The predicted molar refractivity (Wildman–Crippen MR) is 165 cm³/mol. The van der Waals surface area contributed by atoms with E-state index in [9.17, 15) is 19.8 Å². The van der Waals surface area contributed by atoms with Gasteiger partial charge in [-0.05, 0) is 96.0 Å². The summed E-state index contributed by atoms with van der Waals surface area (Å²) >= 11 is 5.85. The van der Waals surface area contributed by atoms with Gasteiger partial charge >= 0.3 is 0 Å². The zero-order chi connectivity index (χ0) is 29.3. The molecule has 2 bridgehead atoms. The number of rotatable bonds is 5. The third-order valence-corrected chi connectivity index (χ3v) is 9.95. The molecule has 0 aromatic heterocycles. The molecule has 0 amide bonds. The van der Waals surface area contributed by atoms with Gasteiger partial charge in [0.05, 0.1) is 17.1 Å². The number of aliphatic hydroxyl groups is 1. The van der Waals surface area contributed by atoms with E-state index in [2.05, 4.69) is 10.2 Å². The summed E-state index contributed by atoms with van der Waals surface area (Å²) in [6.07, 6.45) is 4.33. The second-order valence-corrected chi connectivity index (χ2v) is 14.1. The first kappa shape index (κ1) is 31.3. The highest BCUT2D eigenvalue weighted by molar-refractivity contribution is 6.31. The Morgan fingerprint density at radius 3 is 2.62 bits per heavy atom. The van der Waals surface area contributed by atoms with Crippen molar-refractivity contribution in [2.24, 2.45) is 5.92 Å². The molecule has 3 N–H and O–H groups in total. The Kier molecular flexibility index (Phi) is 8.25. The molecule has 2 aromatic rings. The van der Waals surface area contributed by atoms with E-state index in [0.29, 0.717) is 29.2 Å². The number of benzene rings is 2. The van der Waals surface area contributed by atoms with Crippen LogP contribution >= 0.6 is 24.0 Å². The van der Waals surface area contributed by atoms with Gasteiger partial charge in [-0.1, -0.05) is 29.8 Å². The quantitative estimate of drug-likeness (QED) is 0.395. The number of halogens is 2. The third-order valence-electron chi connectivity index (χ3n) is 9.71. The van der Waals surface area contributed by atoms with Crippen LogP contribution in [0.2, 0.25) is 5.02 Å². The van der Waals surface area contributed by atoms with E-state index in [1.807, 2.05) is 33.8 Å². The molecule has 2 saturated carbocycles. The van der Waals surface area contributed by atoms with Gasteiger partial charge in [0, 0.05) is 40.7 Å². The zero-order valence-electron chi connectivity index (χ0n) is 24.8. The van der Waals surface area contributed by atoms with Crippen molar-refractivity contribution >= 4 is 35.6 Å². The van der Waals surface area contributed by atoms with Crippen LogP contribution in [0.5, 0.6) is 11.5 Å². The van der Waals surface area contributed by atoms with Crippen molar-refractivity contribution in [3.63, 3.8) is 0 Å². The molecule has 9 heteroatoms. The maximum atomic E-state index is 12.7. The highest BCUT2D eigenvalue weighted by atomic mass is 35.5. The summed E-state index contributed by atoms with van der Waals surface area (Å²) in [6.45, 7) is 9.93. The minimum Gasteiger partial charge on any atom is -0.504 e. The number of nitrogens with zero attached hydrogens (tertiary/aromatic N) is 1. The number of phenolic OH excluding ortho intramolecular Hbond substituents is 1. The molecule has 7 nitrogen and oxygen atoms in total. The van der Waals surface area contributed by atoms with Crippen LogP contribution in [0, 0.1) is 5.92 Å². The van der Waals surface area contributed by atoms with Crippen molar-refractivity contribution in [1.82, 2.24) is 10.2 Å². The fraction of sp³-hybridized carbons (Fsp3) is 0.576. The fourth-order valence-electron chi connectivity index (χ4n) is 7.87. The number of hydrogen-bond acceptors (Lipinski definition) is 7. The molecule has 1 unspecified atom stereocenters. The minimum absolute atomic E-state index is 0. The number of carbonyl (C=O) groups is 2. The number of phenols is 1. The molecule has 2 aromatic carbocycles. The van der Waals surface area contributed by atoms with Gasteiger partial charge in [0.25, 0.3) is 0 Å². The van der Waals surface area contributed by atoms with Crippen molar-refractivity contribution in [2.75, 3.05) is 13.1 Å². The van der Waals surface area contributed by atoms with Crippen molar-refractivity contribution in [1.29, 1.82) is 0 Å². The first-order valence-electron chi connectivity index (χ1n) is 14.9. The summed E-state index contributed by atoms with van der Waals surface area (Å²) in [5.41, 5.74) is 1.03. The van der Waals surface area contributed by atoms with Crippen LogP contribution in [0.1, 0.15) is 81.3 Å². The Hall–Kier alpha value is -2.16. The lowest BCUT2D eigenvalue weighted by atomic mass is 9.49. The summed E-state index contributed by atoms with van der Waals surface area (Å²) in [5, 5.41) is 26.1. The Bertz CT molecular complexity index is 1390. The molecule has 3 aliphatic carbocycles. The minimum atomic E-state index is -0.940. The summed E-state index contributed by atoms with van der Waals surface area (Å²) in [5.74, 6) is 1.46. The van der Waals surface area contributed by atoms with Crippen molar-refractivity contribution in [2.45, 2.75) is 101 Å². The molecule has 0 radical (unpaired) electrons. The van der Waals surface area contributed by atoms with Gasteiger partial charge in [0.15, 0.2) is 29.2 Å². The maximum Gasteiger partial charge on any atom is 0.179 e. The Morgan fingerprint density at radius 1 is 1.21 bits per heavy atom. The van der Waals surface area contributed by atoms with Gasteiger partial charge < -0.3 is 20.3 Å². The van der Waals surface area contributed by atoms with Crippen LogP contribution < -0.4 is 10.1 Å². The molecule has 3 fully saturated rings. The van der Waals surface area contributed by atoms with Crippen molar-refractivity contribution < 1.29 is 24.5 Å². The number of ether oxygens (including phenoxy) is 1. The molecule has 228 valence electrons. The molecule has 2 aliphatic heterocycles. The molecule has 5 aliphatic rings. The number of carbonyl (C=O) groups excluding carboxylic acids is 2. The third kappa shape index (κ3) is 5.15. The number of aromatic hydroxyl groups is 1. The number of hydrogen-bond donors (Lipinski definition) is 3. The summed E-state index contributed by atoms with van der Waals surface area (Å²) in [7, 11) is 0. The highest BCUT2D eigenvalue weighted by Gasteiger charge is 2.73. The van der Waals surface area contributed by atoms with Crippen LogP contribution in [0.3, 0.4) is 0 Å². The molecule has 2 heterocycles. The standard InChI is InChI=1S/C20H23NO4.C13H18ClNO.ClH/c22-13-4-3-12-9-15-20(24)6-5-14(23)18-19(20,16(12)17(13)25-18)7-8-21(15)10-11-1-2-11;1-9(15-13(2,3)4)12(16)10-6-5-7-11(14)8-10;/h3-4,11,15,18,22,24H,1-2,5-10H2;5-9,15H,1-4H3;1H/t15-,18+,19+,20-;;/m1../s1. The molecule has 1 spiro atoms. The number of ketones is 2. The lowest BCUT2D eigenvalue weighted by molar-refractivity contribution is -0.188.